The molecule has 1 N–H and O–H groups in total. The molecule has 0 atom stereocenters. The molecule has 114 valence electrons. The second kappa shape index (κ2) is 4.87. The number of halogens is 6. The van der Waals surface area contributed by atoms with E-state index < -0.39 is 31.5 Å². The summed E-state index contributed by atoms with van der Waals surface area (Å²) in [5.41, 5.74) is 0. The predicted octanol–water partition coefficient (Wildman–Crippen LogP) is 3.03. The number of hydrogen-bond donors (Lipinski definition) is 1. The van der Waals surface area contributed by atoms with Gasteiger partial charge in [-0.15, -0.1) is 0 Å². The molecular weight excluding hydrogens is 323 g/mol. The Morgan fingerprint density at radius 1 is 0.857 bits per heavy atom. The molecule has 0 bridgehead atoms. The normalized spacial score (nSPS) is 18.6. The van der Waals surface area contributed by atoms with Gasteiger partial charge in [-0.25, -0.2) is 0 Å². The van der Waals surface area contributed by atoms with Gasteiger partial charge in [-0.05, 0) is 12.1 Å². The molecule has 4 nitrogen and oxygen atoms in total. The van der Waals surface area contributed by atoms with Crippen LogP contribution >= 0.6 is 7.44 Å². The van der Waals surface area contributed by atoms with Crippen LogP contribution in [0.1, 0.15) is 0 Å². The van der Waals surface area contributed by atoms with Crippen LogP contribution in [0.5, 0.6) is 0 Å². The van der Waals surface area contributed by atoms with E-state index in [4.69, 9.17) is 0 Å². The maximum Gasteiger partial charge on any atom is 0.449 e. The van der Waals surface area contributed by atoms with Gasteiger partial charge in [0.05, 0.1) is 5.30 Å². The van der Waals surface area contributed by atoms with E-state index in [2.05, 4.69) is 9.53 Å². The van der Waals surface area contributed by atoms with Gasteiger partial charge >= 0.3 is 19.8 Å². The van der Waals surface area contributed by atoms with Crippen LogP contribution < -0.4 is 10.6 Å². The van der Waals surface area contributed by atoms with Crippen LogP contribution in [0.4, 0.5) is 26.3 Å². The molecule has 21 heavy (non-hydrogen) atoms. The Balaban J connectivity index is 2.61. The first kappa shape index (κ1) is 15.6. The number of amidine groups is 2. The number of benzene rings is 1. The maximum atomic E-state index is 12.6. The summed E-state index contributed by atoms with van der Waals surface area (Å²) in [4.78, 5) is 0. The van der Waals surface area contributed by atoms with Gasteiger partial charge in [-0.3, -0.25) is 4.57 Å². The number of alkyl halides is 6. The van der Waals surface area contributed by atoms with Gasteiger partial charge in [0.2, 0.25) is 11.7 Å². The third-order valence-corrected chi connectivity index (χ3v) is 4.25. The highest BCUT2D eigenvalue weighted by Gasteiger charge is 2.48. The van der Waals surface area contributed by atoms with Gasteiger partial charge in [0.15, 0.2) is 0 Å². The molecule has 0 spiro atoms. The summed E-state index contributed by atoms with van der Waals surface area (Å²) >= 11 is 0. The van der Waals surface area contributed by atoms with Crippen LogP contribution in [0, 0.1) is 0 Å². The van der Waals surface area contributed by atoms with Crippen molar-refractivity contribution in [1.82, 2.24) is 5.32 Å². The zero-order chi connectivity index (χ0) is 15.9. The van der Waals surface area contributed by atoms with Crippen molar-refractivity contribution in [2.24, 2.45) is 9.53 Å². The van der Waals surface area contributed by atoms with Gasteiger partial charge < -0.3 is 5.32 Å². The minimum Gasteiger partial charge on any atom is -0.317 e. The Morgan fingerprint density at radius 2 is 1.29 bits per heavy atom. The fourth-order valence-corrected chi connectivity index (χ4v) is 3.15. The van der Waals surface area contributed by atoms with Gasteiger partial charge in [-0.2, -0.15) is 35.9 Å². The highest BCUT2D eigenvalue weighted by molar-refractivity contribution is 7.69. The van der Waals surface area contributed by atoms with Crippen molar-refractivity contribution in [2.45, 2.75) is 12.4 Å². The molecule has 1 aliphatic heterocycles. The summed E-state index contributed by atoms with van der Waals surface area (Å²) in [6, 6.07) is 6.27. The van der Waals surface area contributed by atoms with E-state index >= 15 is 0 Å². The molecule has 0 amide bonds. The van der Waals surface area contributed by atoms with E-state index in [1.54, 1.807) is 0 Å². The molecule has 1 aromatic rings. The van der Waals surface area contributed by atoms with Crippen molar-refractivity contribution in [3.05, 3.63) is 30.3 Å². The lowest BCUT2D eigenvalue weighted by Gasteiger charge is -2.23. The first-order chi connectivity index (χ1) is 9.52. The lowest BCUT2D eigenvalue weighted by atomic mass is 10.4. The van der Waals surface area contributed by atoms with Crippen LogP contribution in [0.3, 0.4) is 0 Å². The lowest BCUT2D eigenvalue weighted by Crippen LogP contribution is -2.48. The standard InChI is InChI=1S/C10H6F6N3OP/c11-9(12,13)7-17-8(10(14,15)16)19-21(20,18-7)6-4-2-1-3-5-6/h1-5H,(H,17,18,19,20). The number of nitrogens with zero attached hydrogens (tertiary/aromatic N) is 2. The molecule has 0 unspecified atom stereocenters. The summed E-state index contributed by atoms with van der Waals surface area (Å²) in [6.07, 6.45) is -10.4. The van der Waals surface area contributed by atoms with Crippen molar-refractivity contribution in [1.29, 1.82) is 0 Å². The average molecular weight is 329 g/mol. The van der Waals surface area contributed by atoms with Gasteiger partial charge in [0.1, 0.15) is 0 Å². The molecule has 1 heterocycles. The van der Waals surface area contributed by atoms with Gasteiger partial charge in [-0.1, -0.05) is 18.2 Å². The molecule has 1 aliphatic rings. The Labute approximate surface area is 114 Å². The monoisotopic (exact) mass is 329 g/mol. The van der Waals surface area contributed by atoms with Crippen molar-refractivity contribution < 1.29 is 30.9 Å². The molecule has 0 saturated carbocycles. The summed E-state index contributed by atoms with van der Waals surface area (Å²) in [5.74, 6) is -3.98. The topological polar surface area (TPSA) is 53.8 Å². The van der Waals surface area contributed by atoms with Crippen LogP contribution in [-0.2, 0) is 4.57 Å². The van der Waals surface area contributed by atoms with E-state index in [1.165, 1.54) is 18.2 Å². The summed E-state index contributed by atoms with van der Waals surface area (Å²) < 4.78 is 93.8. The second-order valence-corrected chi connectivity index (χ2v) is 5.90. The van der Waals surface area contributed by atoms with Crippen LogP contribution in [0.15, 0.2) is 39.9 Å². The molecule has 11 heteroatoms. The minimum absolute atomic E-state index is 0.324. The minimum atomic E-state index is -5.21. The first-order valence-electron chi connectivity index (χ1n) is 5.30. The Kier molecular flexibility index (Phi) is 3.61. The molecule has 0 fully saturated rings. The maximum absolute atomic E-state index is 12.6. The number of nitrogens with one attached hydrogen (secondary N) is 1. The smallest absolute Gasteiger partial charge is 0.317 e. The van der Waals surface area contributed by atoms with E-state index in [0.29, 0.717) is 0 Å². The van der Waals surface area contributed by atoms with Gasteiger partial charge in [0, 0.05) is 0 Å². The third kappa shape index (κ3) is 3.26. The highest BCUT2D eigenvalue weighted by atomic mass is 31.2. The third-order valence-electron chi connectivity index (χ3n) is 2.34. The molecule has 0 radical (unpaired) electrons. The van der Waals surface area contributed by atoms with Crippen LogP contribution in [0.2, 0.25) is 0 Å². The average Bonchev–Trinajstić information content (AvgIpc) is 2.37. The zero-order valence-corrected chi connectivity index (χ0v) is 10.8. The second-order valence-electron chi connectivity index (χ2n) is 3.90. The predicted molar refractivity (Wildman–Crippen MR) is 63.8 cm³/mol. The van der Waals surface area contributed by atoms with Crippen LogP contribution in [-0.4, -0.2) is 24.0 Å². The van der Waals surface area contributed by atoms with Crippen molar-refractivity contribution in [2.75, 3.05) is 0 Å². The summed E-state index contributed by atoms with van der Waals surface area (Å²) in [5, 5.41) is 0.712. The number of rotatable bonds is 1. The van der Waals surface area contributed by atoms with E-state index in [0.717, 1.165) is 17.4 Å². The Bertz CT molecular complexity index is 615. The van der Waals surface area contributed by atoms with Crippen LogP contribution in [0.25, 0.3) is 0 Å². The fourth-order valence-electron chi connectivity index (χ4n) is 1.45. The van der Waals surface area contributed by atoms with Gasteiger partial charge in [0.25, 0.3) is 0 Å². The molecule has 0 aliphatic carbocycles. The van der Waals surface area contributed by atoms with E-state index in [-0.39, 0.29) is 5.30 Å². The molecule has 1 aromatic carbocycles. The Hall–Kier alpha value is -1.83. The van der Waals surface area contributed by atoms with E-state index in [1.807, 2.05) is 0 Å². The molecule has 2 rings (SSSR count). The molecule has 0 aromatic heterocycles. The zero-order valence-electron chi connectivity index (χ0n) is 9.90. The van der Waals surface area contributed by atoms with E-state index in [9.17, 15) is 30.9 Å². The first-order valence-corrected chi connectivity index (χ1v) is 6.91. The highest BCUT2D eigenvalue weighted by Crippen LogP contribution is 2.51. The molecular formula is C10H6F6N3OP. The number of hydrogen-bond acceptors (Lipinski definition) is 2. The van der Waals surface area contributed by atoms with Crippen molar-refractivity contribution >= 4 is 24.4 Å². The summed E-state index contributed by atoms with van der Waals surface area (Å²) in [7, 11) is -4.60. The summed E-state index contributed by atoms with van der Waals surface area (Å²) in [6.45, 7) is 0. The largest absolute Gasteiger partial charge is 0.449 e. The van der Waals surface area contributed by atoms with Crippen molar-refractivity contribution in [3.8, 4) is 0 Å². The lowest BCUT2D eigenvalue weighted by molar-refractivity contribution is -0.0672. The quantitative estimate of drug-likeness (QED) is 0.636. The Morgan fingerprint density at radius 3 is 1.67 bits per heavy atom. The van der Waals surface area contributed by atoms with Crippen molar-refractivity contribution in [3.63, 3.8) is 0 Å². The fraction of sp³-hybridized carbons (Fsp3) is 0.200. The SMILES string of the molecule is O=P1(c2ccccc2)N=C(C(F)(F)F)NC(C(F)(F)F)=N1. The molecule has 0 saturated heterocycles.